The van der Waals surface area contributed by atoms with Gasteiger partial charge in [-0.2, -0.15) is 0 Å². The SMILES string of the molecule is CC(C)(C)[C@H]([NH3+])C[NH+]1CCCC1. The molecule has 0 unspecified atom stereocenters. The lowest BCUT2D eigenvalue weighted by atomic mass is 9.87. The van der Waals surface area contributed by atoms with E-state index in [-0.39, 0.29) is 0 Å². The van der Waals surface area contributed by atoms with Crippen molar-refractivity contribution in [1.82, 2.24) is 0 Å². The number of nitrogens with one attached hydrogen (secondary N) is 1. The van der Waals surface area contributed by atoms with Gasteiger partial charge in [0.2, 0.25) is 0 Å². The second kappa shape index (κ2) is 3.75. The summed E-state index contributed by atoms with van der Waals surface area (Å²) < 4.78 is 0. The second-order valence-corrected chi connectivity index (χ2v) is 5.22. The van der Waals surface area contributed by atoms with Gasteiger partial charge in [0.15, 0.2) is 0 Å². The average Bonchev–Trinajstić information content (AvgIpc) is 2.37. The van der Waals surface area contributed by atoms with E-state index < -0.39 is 0 Å². The molecular weight excluding hydrogens is 148 g/mol. The molecule has 0 radical (unpaired) electrons. The Morgan fingerprint density at radius 2 is 1.75 bits per heavy atom. The molecule has 1 aliphatic heterocycles. The molecule has 0 bridgehead atoms. The minimum Gasteiger partial charge on any atom is -0.350 e. The maximum absolute atomic E-state index is 4.25. The van der Waals surface area contributed by atoms with Crippen LogP contribution in [0.25, 0.3) is 0 Å². The van der Waals surface area contributed by atoms with Crippen LogP contribution in [0.1, 0.15) is 33.6 Å². The van der Waals surface area contributed by atoms with Crippen LogP contribution >= 0.6 is 0 Å². The zero-order valence-electron chi connectivity index (χ0n) is 8.82. The molecule has 0 aromatic heterocycles. The molecule has 12 heavy (non-hydrogen) atoms. The van der Waals surface area contributed by atoms with Gasteiger partial charge in [0.1, 0.15) is 12.6 Å². The van der Waals surface area contributed by atoms with Crippen LogP contribution in [0.5, 0.6) is 0 Å². The van der Waals surface area contributed by atoms with Gasteiger partial charge in [-0.15, -0.1) is 0 Å². The second-order valence-electron chi connectivity index (χ2n) is 5.22. The first-order valence-electron chi connectivity index (χ1n) is 5.17. The summed E-state index contributed by atoms with van der Waals surface area (Å²) in [5.74, 6) is 0. The minimum atomic E-state index is 0.385. The van der Waals surface area contributed by atoms with Gasteiger partial charge >= 0.3 is 0 Å². The number of hydrogen-bond acceptors (Lipinski definition) is 0. The number of rotatable bonds is 2. The number of quaternary nitrogens is 2. The van der Waals surface area contributed by atoms with E-state index >= 15 is 0 Å². The van der Waals surface area contributed by atoms with Crippen molar-refractivity contribution in [1.29, 1.82) is 0 Å². The Bertz CT molecular complexity index is 131. The minimum absolute atomic E-state index is 0.385. The lowest BCUT2D eigenvalue weighted by molar-refractivity contribution is -0.898. The third-order valence-corrected chi connectivity index (χ3v) is 3.07. The summed E-state index contributed by atoms with van der Waals surface area (Å²) in [5.41, 5.74) is 4.64. The van der Waals surface area contributed by atoms with E-state index in [1.807, 2.05) is 0 Å². The largest absolute Gasteiger partial charge is 0.350 e. The van der Waals surface area contributed by atoms with Gasteiger partial charge in [0, 0.05) is 18.3 Å². The van der Waals surface area contributed by atoms with Crippen LogP contribution in [0.4, 0.5) is 0 Å². The summed E-state index contributed by atoms with van der Waals surface area (Å²) in [6.07, 6.45) is 2.85. The zero-order chi connectivity index (χ0) is 9.19. The highest BCUT2D eigenvalue weighted by Crippen LogP contribution is 2.14. The molecule has 0 aromatic carbocycles. The van der Waals surface area contributed by atoms with E-state index in [2.05, 4.69) is 26.5 Å². The number of likely N-dealkylation sites (tertiary alicyclic amines) is 1. The van der Waals surface area contributed by atoms with Gasteiger partial charge in [-0.25, -0.2) is 0 Å². The molecule has 72 valence electrons. The Morgan fingerprint density at radius 3 is 2.17 bits per heavy atom. The van der Waals surface area contributed by atoms with Gasteiger partial charge in [0.05, 0.1) is 13.1 Å². The van der Waals surface area contributed by atoms with Crippen LogP contribution in [-0.2, 0) is 0 Å². The highest BCUT2D eigenvalue weighted by Gasteiger charge is 2.29. The van der Waals surface area contributed by atoms with E-state index in [0.29, 0.717) is 11.5 Å². The highest BCUT2D eigenvalue weighted by atomic mass is 15.1. The Labute approximate surface area is 76.1 Å². The first-order chi connectivity index (χ1) is 5.50. The first kappa shape index (κ1) is 10.0. The highest BCUT2D eigenvalue weighted by molar-refractivity contribution is 4.70. The van der Waals surface area contributed by atoms with Gasteiger partial charge in [-0.05, 0) is 0 Å². The standard InChI is InChI=1S/C10H22N2/c1-10(2,3)9(11)8-12-6-4-5-7-12/h9H,4-8,11H2,1-3H3/p+2/t9-/m1/s1. The fraction of sp³-hybridized carbons (Fsp3) is 1.00. The summed E-state index contributed by atoms with van der Waals surface area (Å²) in [5, 5.41) is 0. The molecule has 4 N–H and O–H groups in total. The molecule has 2 nitrogen and oxygen atoms in total. The van der Waals surface area contributed by atoms with Crippen molar-refractivity contribution in [3.05, 3.63) is 0 Å². The van der Waals surface area contributed by atoms with Gasteiger partial charge in [-0.1, -0.05) is 20.8 Å². The molecule has 1 rings (SSSR count). The predicted octanol–water partition coefficient (Wildman–Crippen LogP) is -0.678. The monoisotopic (exact) mass is 172 g/mol. The normalized spacial score (nSPS) is 23.0. The molecule has 2 heteroatoms. The van der Waals surface area contributed by atoms with Crippen molar-refractivity contribution in [2.45, 2.75) is 39.7 Å². The lowest BCUT2D eigenvalue weighted by Gasteiger charge is -2.25. The maximum Gasteiger partial charge on any atom is 0.139 e. The van der Waals surface area contributed by atoms with Crippen LogP contribution in [0.3, 0.4) is 0 Å². The molecular formula is C10H24N2+2. The summed E-state index contributed by atoms with van der Waals surface area (Å²) in [7, 11) is 0. The van der Waals surface area contributed by atoms with Crippen molar-refractivity contribution in [3.8, 4) is 0 Å². The first-order valence-corrected chi connectivity index (χ1v) is 5.17. The predicted molar refractivity (Wildman–Crippen MR) is 50.9 cm³/mol. The summed E-state index contributed by atoms with van der Waals surface area (Å²) >= 11 is 0. The van der Waals surface area contributed by atoms with Crippen molar-refractivity contribution in [3.63, 3.8) is 0 Å². The molecule has 1 saturated heterocycles. The maximum atomic E-state index is 4.25. The van der Waals surface area contributed by atoms with Crippen LogP contribution in [0.15, 0.2) is 0 Å². The van der Waals surface area contributed by atoms with Crippen LogP contribution in [0.2, 0.25) is 0 Å². The Morgan fingerprint density at radius 1 is 1.25 bits per heavy atom. The quantitative estimate of drug-likeness (QED) is 0.553. The van der Waals surface area contributed by atoms with Crippen molar-refractivity contribution < 1.29 is 10.6 Å². The molecule has 1 fully saturated rings. The van der Waals surface area contributed by atoms with Gasteiger partial charge < -0.3 is 10.6 Å². The number of hydrogen-bond donors (Lipinski definition) is 2. The summed E-state index contributed by atoms with van der Waals surface area (Å²) in [6.45, 7) is 10.9. The van der Waals surface area contributed by atoms with E-state index in [1.165, 1.54) is 32.5 Å². The Kier molecular flexibility index (Phi) is 3.13. The van der Waals surface area contributed by atoms with Crippen LogP contribution in [0, 0.1) is 5.41 Å². The summed E-state index contributed by atoms with van der Waals surface area (Å²) in [6, 6.07) is 0.602. The molecule has 0 spiro atoms. The van der Waals surface area contributed by atoms with Crippen molar-refractivity contribution >= 4 is 0 Å². The molecule has 1 aliphatic rings. The molecule has 0 saturated carbocycles. The van der Waals surface area contributed by atoms with Crippen molar-refractivity contribution in [2.75, 3.05) is 19.6 Å². The third kappa shape index (κ3) is 2.76. The molecule has 0 aromatic rings. The third-order valence-electron chi connectivity index (χ3n) is 3.07. The average molecular weight is 172 g/mol. The van der Waals surface area contributed by atoms with E-state index in [0.717, 1.165) is 0 Å². The lowest BCUT2D eigenvalue weighted by Crippen LogP contribution is -3.13. The van der Waals surface area contributed by atoms with E-state index in [1.54, 1.807) is 4.90 Å². The van der Waals surface area contributed by atoms with Gasteiger partial charge in [-0.3, -0.25) is 0 Å². The summed E-state index contributed by atoms with van der Waals surface area (Å²) in [4.78, 5) is 1.77. The molecule has 1 heterocycles. The van der Waals surface area contributed by atoms with E-state index in [9.17, 15) is 0 Å². The van der Waals surface area contributed by atoms with Crippen LogP contribution in [-0.4, -0.2) is 25.7 Å². The smallest absolute Gasteiger partial charge is 0.139 e. The van der Waals surface area contributed by atoms with Gasteiger partial charge in [0.25, 0.3) is 0 Å². The molecule has 0 aliphatic carbocycles. The fourth-order valence-corrected chi connectivity index (χ4v) is 1.73. The van der Waals surface area contributed by atoms with Crippen molar-refractivity contribution in [2.24, 2.45) is 5.41 Å². The Hall–Kier alpha value is -0.0800. The van der Waals surface area contributed by atoms with E-state index in [4.69, 9.17) is 0 Å². The van der Waals surface area contributed by atoms with Crippen LogP contribution < -0.4 is 10.6 Å². The zero-order valence-corrected chi connectivity index (χ0v) is 8.82. The molecule has 1 atom stereocenters. The fourth-order valence-electron chi connectivity index (χ4n) is 1.73. The molecule has 0 amide bonds. The Balaban J connectivity index is 2.30. The topological polar surface area (TPSA) is 32.1 Å².